The minimum absolute atomic E-state index is 0.0264. The molecule has 3 N–H and O–H groups in total. The van der Waals surface area contributed by atoms with E-state index in [1.807, 2.05) is 6.92 Å². The Morgan fingerprint density at radius 1 is 1.11 bits per heavy atom. The largest absolute Gasteiger partial charge is 0.491 e. The van der Waals surface area contributed by atoms with Gasteiger partial charge in [-0.15, -0.1) is 0 Å². The number of esters is 1. The lowest BCUT2D eigenvalue weighted by Gasteiger charge is -2.39. The number of H-pyrrole nitrogens is 1. The Hall–Kier alpha value is -4.87. The third kappa shape index (κ3) is 4.19. The van der Waals surface area contributed by atoms with E-state index in [0.29, 0.717) is 5.56 Å². The van der Waals surface area contributed by atoms with Gasteiger partial charge in [0.2, 0.25) is 11.7 Å². The molecule has 1 atom stereocenters. The second-order valence-corrected chi connectivity index (χ2v) is 8.70. The Morgan fingerprint density at radius 2 is 1.82 bits per heavy atom. The molecule has 0 bridgehead atoms. The molecule has 1 unspecified atom stereocenters. The highest BCUT2D eigenvalue weighted by molar-refractivity contribution is 6.01. The predicted molar refractivity (Wildman–Crippen MR) is 128 cm³/mol. The summed E-state index contributed by atoms with van der Waals surface area (Å²) in [7, 11) is 0. The van der Waals surface area contributed by atoms with Crippen molar-refractivity contribution in [2.75, 3.05) is 5.32 Å². The van der Waals surface area contributed by atoms with Crippen molar-refractivity contribution >= 4 is 35.0 Å². The lowest BCUT2D eigenvalue weighted by Crippen LogP contribution is -2.49. The van der Waals surface area contributed by atoms with Gasteiger partial charge in [-0.1, -0.05) is 54.1 Å². The molecule has 0 aliphatic carbocycles. The first-order valence-electron chi connectivity index (χ1n) is 11.3. The first-order valence-corrected chi connectivity index (χ1v) is 11.3. The number of hydrogen-bond acceptors (Lipinski definition) is 5. The molecule has 4 aromatic rings. The number of carbonyl (C=O) groups is 3. The van der Waals surface area contributed by atoms with Crippen LogP contribution in [0.3, 0.4) is 0 Å². The molecule has 0 saturated carbocycles. The number of nitrogens with one attached hydrogen (secondary N) is 2. The number of hydrogen-bond donors (Lipinski definition) is 3. The van der Waals surface area contributed by atoms with Crippen LogP contribution in [0.4, 0.5) is 23.9 Å². The number of aromatic amines is 1. The predicted octanol–water partition coefficient (Wildman–Crippen LogP) is 4.92. The number of rotatable bonds is 5. The molecule has 1 aromatic heterocycles. The molecule has 2 heterocycles. The summed E-state index contributed by atoms with van der Waals surface area (Å²) in [6.07, 6.45) is -6.72. The van der Waals surface area contributed by atoms with Crippen LogP contribution < -0.4 is 5.32 Å². The summed E-state index contributed by atoms with van der Waals surface area (Å²) < 4.78 is 46.0. The third-order valence-corrected chi connectivity index (χ3v) is 6.18. The zero-order valence-electron chi connectivity index (χ0n) is 19.7. The van der Waals surface area contributed by atoms with Crippen molar-refractivity contribution in [3.63, 3.8) is 0 Å². The van der Waals surface area contributed by atoms with Crippen LogP contribution in [0.1, 0.15) is 32.6 Å². The van der Waals surface area contributed by atoms with Gasteiger partial charge in [0.1, 0.15) is 0 Å². The molecule has 0 saturated heterocycles. The van der Waals surface area contributed by atoms with E-state index in [2.05, 4.69) is 15.3 Å². The molecule has 12 heteroatoms. The van der Waals surface area contributed by atoms with Crippen LogP contribution >= 0.6 is 0 Å². The van der Waals surface area contributed by atoms with Crippen molar-refractivity contribution in [1.82, 2.24) is 14.9 Å². The Kier molecular flexibility index (Phi) is 5.81. The van der Waals surface area contributed by atoms with Gasteiger partial charge >= 0.3 is 18.2 Å². The second kappa shape index (κ2) is 8.91. The average molecular weight is 524 g/mol. The summed E-state index contributed by atoms with van der Waals surface area (Å²) in [5, 5.41) is 11.1. The van der Waals surface area contributed by atoms with Gasteiger partial charge in [-0.05, 0) is 30.7 Å². The van der Waals surface area contributed by atoms with Crippen LogP contribution in [0.2, 0.25) is 0 Å². The van der Waals surface area contributed by atoms with E-state index in [0.717, 1.165) is 10.5 Å². The average Bonchev–Trinajstić information content (AvgIpc) is 3.36. The number of alkyl halides is 3. The number of aromatic nitrogens is 2. The van der Waals surface area contributed by atoms with Gasteiger partial charge in [0.05, 0.1) is 17.6 Å². The molecule has 0 fully saturated rings. The fourth-order valence-electron chi connectivity index (χ4n) is 4.51. The van der Waals surface area contributed by atoms with Crippen molar-refractivity contribution in [2.45, 2.75) is 25.4 Å². The van der Waals surface area contributed by atoms with Crippen LogP contribution in [-0.4, -0.2) is 44.1 Å². The number of fused-ring (bicyclic) bond motifs is 2. The summed E-state index contributed by atoms with van der Waals surface area (Å²) in [6, 6.07) is 17.2. The number of amides is 2. The number of halogens is 3. The molecule has 3 aromatic carbocycles. The molecule has 38 heavy (non-hydrogen) atoms. The molecule has 9 nitrogen and oxygen atoms in total. The smallest absolute Gasteiger partial charge is 0.465 e. The highest BCUT2D eigenvalue weighted by Gasteiger charge is 2.57. The van der Waals surface area contributed by atoms with Crippen LogP contribution in [0.15, 0.2) is 66.7 Å². The fraction of sp³-hybridized carbons (Fsp3) is 0.154. The summed E-state index contributed by atoms with van der Waals surface area (Å²) in [4.78, 5) is 44.9. The van der Waals surface area contributed by atoms with Gasteiger partial charge in [0.25, 0.3) is 5.91 Å². The number of aryl methyl sites for hydroxylation is 1. The van der Waals surface area contributed by atoms with Gasteiger partial charge in [-0.2, -0.15) is 13.2 Å². The maximum absolute atomic E-state index is 13.6. The molecule has 5 rings (SSSR count). The normalized spacial score (nSPS) is 16.9. The molecule has 1 aliphatic rings. The van der Waals surface area contributed by atoms with Gasteiger partial charge < -0.3 is 14.8 Å². The minimum Gasteiger partial charge on any atom is -0.465 e. The lowest BCUT2D eigenvalue weighted by atomic mass is 9.92. The van der Waals surface area contributed by atoms with Crippen LogP contribution in [-0.2, 0) is 21.8 Å². The lowest BCUT2D eigenvalue weighted by molar-refractivity contribution is -0.222. The highest BCUT2D eigenvalue weighted by atomic mass is 19.4. The van der Waals surface area contributed by atoms with Crippen molar-refractivity contribution in [1.29, 1.82) is 0 Å². The van der Waals surface area contributed by atoms with Gasteiger partial charge in [0.15, 0.2) is 0 Å². The van der Waals surface area contributed by atoms with Gasteiger partial charge in [0, 0.05) is 16.7 Å². The Bertz CT molecular complexity index is 1580. The zero-order valence-corrected chi connectivity index (χ0v) is 19.7. The highest BCUT2D eigenvalue weighted by Crippen LogP contribution is 2.47. The van der Waals surface area contributed by atoms with Crippen LogP contribution in [0.25, 0.3) is 11.0 Å². The van der Waals surface area contributed by atoms with Crippen LogP contribution in [0, 0.1) is 6.92 Å². The number of anilines is 1. The molecule has 194 valence electrons. The number of carbonyl (C=O) groups excluding carboxylic acids is 2. The van der Waals surface area contributed by atoms with E-state index < -0.39 is 29.9 Å². The van der Waals surface area contributed by atoms with E-state index in [1.165, 1.54) is 36.4 Å². The van der Waals surface area contributed by atoms with Crippen molar-refractivity contribution in [3.05, 3.63) is 94.5 Å². The SMILES string of the molecule is Cc1ccc(CN2C(=O)c3ccccc3C2(OC(=O)C(F)(F)F)c2ccc3nc(NC(=O)O)[nH]c3c2)cc1. The number of carboxylic acid groups (broad SMARTS) is 1. The van der Waals surface area contributed by atoms with Crippen LogP contribution in [0.5, 0.6) is 0 Å². The third-order valence-electron chi connectivity index (χ3n) is 6.18. The van der Waals surface area contributed by atoms with Crippen molar-refractivity contribution < 1.29 is 37.4 Å². The fourth-order valence-corrected chi connectivity index (χ4v) is 4.51. The topological polar surface area (TPSA) is 125 Å². The zero-order chi connectivity index (χ0) is 27.2. The summed E-state index contributed by atoms with van der Waals surface area (Å²) in [6.45, 7) is 1.69. The van der Waals surface area contributed by atoms with Crippen molar-refractivity contribution in [3.8, 4) is 0 Å². The Labute approximate surface area is 212 Å². The summed E-state index contributed by atoms with van der Waals surface area (Å²) in [5.74, 6) is -3.23. The maximum Gasteiger partial charge on any atom is 0.491 e. The maximum atomic E-state index is 13.6. The molecule has 1 aliphatic heterocycles. The number of ether oxygens (including phenoxy) is 1. The van der Waals surface area contributed by atoms with E-state index in [1.54, 1.807) is 30.3 Å². The monoisotopic (exact) mass is 524 g/mol. The van der Waals surface area contributed by atoms with Gasteiger partial charge in [-0.25, -0.2) is 14.6 Å². The quantitative estimate of drug-likeness (QED) is 0.318. The standard InChI is InChI=1S/C26H19F3N4O5/c1-14-6-8-15(9-7-14)13-33-21(34)17-4-2-3-5-18(17)25(33,38-22(35)26(27,28)29)16-10-11-19-20(12-16)31-23(30-19)32-24(36)37/h2-12H,13H2,1H3,(H,36,37)(H2,30,31,32). The Morgan fingerprint density at radius 3 is 2.50 bits per heavy atom. The summed E-state index contributed by atoms with van der Waals surface area (Å²) >= 11 is 0. The van der Waals surface area contributed by atoms with Crippen molar-refractivity contribution in [2.24, 2.45) is 0 Å². The minimum atomic E-state index is -5.35. The molecule has 0 spiro atoms. The van der Waals surface area contributed by atoms with E-state index in [4.69, 9.17) is 9.84 Å². The number of imidazole rings is 1. The van der Waals surface area contributed by atoms with Gasteiger partial charge in [-0.3, -0.25) is 15.0 Å². The molecule has 0 radical (unpaired) electrons. The first-order chi connectivity index (χ1) is 18.0. The Balaban J connectivity index is 1.74. The van der Waals surface area contributed by atoms with E-state index in [9.17, 15) is 27.6 Å². The molecular weight excluding hydrogens is 505 g/mol. The van der Waals surface area contributed by atoms with E-state index >= 15 is 0 Å². The number of benzene rings is 3. The second-order valence-electron chi connectivity index (χ2n) is 8.70. The summed E-state index contributed by atoms with van der Waals surface area (Å²) in [5.41, 5.74) is -0.0678. The molecule has 2 amide bonds. The first kappa shape index (κ1) is 24.8. The molecular formula is C26H19F3N4O5. The number of nitrogens with zero attached hydrogens (tertiary/aromatic N) is 2. The van der Waals surface area contributed by atoms with E-state index in [-0.39, 0.29) is 40.2 Å².